The highest BCUT2D eigenvalue weighted by Crippen LogP contribution is 2.25. The molecule has 0 saturated heterocycles. The second-order valence-corrected chi connectivity index (χ2v) is 4.19. The first kappa shape index (κ1) is 9.71. The molecule has 1 aromatic heterocycles. The minimum atomic E-state index is -0.0990. The molecule has 1 aromatic carbocycles. The fourth-order valence-corrected chi connectivity index (χ4v) is 1.91. The predicted octanol–water partition coefficient (Wildman–Crippen LogP) is 1.89. The Morgan fingerprint density at radius 3 is 2.93 bits per heavy atom. The van der Waals surface area contributed by atoms with E-state index in [2.05, 4.69) is 27.0 Å². The molecular formula is C10H12BrN3. The minimum Gasteiger partial charge on any atom is -0.361 e. The first-order chi connectivity index (χ1) is 6.72. The molecule has 3 nitrogen and oxygen atoms in total. The summed E-state index contributed by atoms with van der Waals surface area (Å²) in [5, 5.41) is 1.14. The maximum atomic E-state index is 5.89. The van der Waals surface area contributed by atoms with Crippen LogP contribution in [-0.2, 0) is 0 Å². The van der Waals surface area contributed by atoms with Crippen LogP contribution in [0.5, 0.6) is 0 Å². The van der Waals surface area contributed by atoms with Gasteiger partial charge in [-0.05, 0) is 23.8 Å². The van der Waals surface area contributed by atoms with E-state index < -0.39 is 0 Å². The van der Waals surface area contributed by atoms with Gasteiger partial charge in [-0.3, -0.25) is 0 Å². The second kappa shape index (κ2) is 3.73. The van der Waals surface area contributed by atoms with Crippen molar-refractivity contribution in [2.24, 2.45) is 11.5 Å². The number of fused-ring (bicyclic) bond motifs is 1. The number of benzene rings is 1. The lowest BCUT2D eigenvalue weighted by atomic mass is 10.1. The summed E-state index contributed by atoms with van der Waals surface area (Å²) in [5.41, 5.74) is 13.6. The van der Waals surface area contributed by atoms with Crippen LogP contribution in [0.3, 0.4) is 0 Å². The number of aromatic nitrogens is 1. The van der Waals surface area contributed by atoms with E-state index in [0.717, 1.165) is 20.9 Å². The van der Waals surface area contributed by atoms with Gasteiger partial charge in [0.15, 0.2) is 0 Å². The zero-order valence-electron chi connectivity index (χ0n) is 7.63. The van der Waals surface area contributed by atoms with Crippen molar-refractivity contribution in [3.63, 3.8) is 0 Å². The summed E-state index contributed by atoms with van der Waals surface area (Å²) in [7, 11) is 0. The number of aromatic amines is 1. The van der Waals surface area contributed by atoms with Crippen molar-refractivity contribution in [2.45, 2.75) is 6.04 Å². The third kappa shape index (κ3) is 1.56. The lowest BCUT2D eigenvalue weighted by Crippen LogP contribution is -2.20. The van der Waals surface area contributed by atoms with E-state index in [-0.39, 0.29) is 6.04 Å². The molecule has 0 unspecified atom stereocenters. The van der Waals surface area contributed by atoms with Gasteiger partial charge in [0, 0.05) is 34.2 Å². The van der Waals surface area contributed by atoms with E-state index in [1.165, 1.54) is 0 Å². The van der Waals surface area contributed by atoms with Gasteiger partial charge in [0.2, 0.25) is 0 Å². The van der Waals surface area contributed by atoms with Crippen LogP contribution in [0.25, 0.3) is 10.9 Å². The van der Waals surface area contributed by atoms with Crippen LogP contribution in [0, 0.1) is 0 Å². The molecule has 4 heteroatoms. The summed E-state index contributed by atoms with van der Waals surface area (Å²) < 4.78 is 1.05. The van der Waals surface area contributed by atoms with Crippen molar-refractivity contribution >= 4 is 26.8 Å². The third-order valence-corrected chi connectivity index (χ3v) is 2.82. The first-order valence-electron chi connectivity index (χ1n) is 4.44. The Morgan fingerprint density at radius 1 is 1.43 bits per heavy atom. The number of hydrogen-bond donors (Lipinski definition) is 3. The van der Waals surface area contributed by atoms with Crippen molar-refractivity contribution in [3.8, 4) is 0 Å². The summed E-state index contributed by atoms with van der Waals surface area (Å²) in [4.78, 5) is 3.17. The number of nitrogens with one attached hydrogen (secondary N) is 1. The summed E-state index contributed by atoms with van der Waals surface area (Å²) in [6.07, 6.45) is 1.93. The van der Waals surface area contributed by atoms with Crippen LogP contribution in [0.4, 0.5) is 0 Å². The molecule has 14 heavy (non-hydrogen) atoms. The molecule has 5 N–H and O–H groups in total. The first-order valence-corrected chi connectivity index (χ1v) is 5.24. The predicted molar refractivity (Wildman–Crippen MR) is 62.0 cm³/mol. The highest BCUT2D eigenvalue weighted by atomic mass is 79.9. The molecule has 0 radical (unpaired) electrons. The molecule has 74 valence electrons. The number of halogens is 1. The van der Waals surface area contributed by atoms with Crippen LogP contribution in [0.2, 0.25) is 0 Å². The molecule has 0 fully saturated rings. The van der Waals surface area contributed by atoms with Crippen molar-refractivity contribution < 1.29 is 0 Å². The van der Waals surface area contributed by atoms with Crippen LogP contribution in [0.15, 0.2) is 28.9 Å². The van der Waals surface area contributed by atoms with Gasteiger partial charge in [0.05, 0.1) is 0 Å². The van der Waals surface area contributed by atoms with E-state index in [9.17, 15) is 0 Å². The van der Waals surface area contributed by atoms with E-state index in [1.54, 1.807) is 0 Å². The number of H-pyrrole nitrogens is 1. The molecule has 1 atom stereocenters. The summed E-state index contributed by atoms with van der Waals surface area (Å²) in [5.74, 6) is 0. The normalized spacial score (nSPS) is 13.4. The topological polar surface area (TPSA) is 67.8 Å². The zero-order valence-corrected chi connectivity index (χ0v) is 9.21. The van der Waals surface area contributed by atoms with E-state index in [4.69, 9.17) is 11.5 Å². The molecule has 0 bridgehead atoms. The van der Waals surface area contributed by atoms with Gasteiger partial charge in [-0.2, -0.15) is 0 Å². The van der Waals surface area contributed by atoms with Crippen molar-refractivity contribution in [2.75, 3.05) is 6.54 Å². The quantitative estimate of drug-likeness (QED) is 0.766. The Bertz CT molecular complexity index is 450. The summed E-state index contributed by atoms with van der Waals surface area (Å²) >= 11 is 3.44. The lowest BCUT2D eigenvalue weighted by Gasteiger charge is -2.06. The molecule has 0 aliphatic rings. The van der Waals surface area contributed by atoms with Gasteiger partial charge in [-0.1, -0.05) is 15.9 Å². The van der Waals surface area contributed by atoms with Crippen LogP contribution >= 0.6 is 15.9 Å². The SMILES string of the molecule is NC[C@H](N)c1c[nH]c2ccc(Br)cc12. The van der Waals surface area contributed by atoms with Crippen LogP contribution in [0.1, 0.15) is 11.6 Å². The summed E-state index contributed by atoms with van der Waals surface area (Å²) in [6, 6.07) is 5.97. The van der Waals surface area contributed by atoms with E-state index >= 15 is 0 Å². The highest BCUT2D eigenvalue weighted by Gasteiger charge is 2.09. The minimum absolute atomic E-state index is 0.0990. The molecular weight excluding hydrogens is 242 g/mol. The Balaban J connectivity index is 2.61. The maximum Gasteiger partial charge on any atom is 0.0458 e. The Morgan fingerprint density at radius 2 is 2.21 bits per heavy atom. The molecule has 1 heterocycles. The van der Waals surface area contributed by atoms with Gasteiger partial charge >= 0.3 is 0 Å². The smallest absolute Gasteiger partial charge is 0.0458 e. The average molecular weight is 254 g/mol. The van der Waals surface area contributed by atoms with E-state index in [1.807, 2.05) is 18.3 Å². The molecule has 2 rings (SSSR count). The van der Waals surface area contributed by atoms with Crippen molar-refractivity contribution in [1.29, 1.82) is 0 Å². The fraction of sp³-hybridized carbons (Fsp3) is 0.200. The molecule has 0 aliphatic heterocycles. The van der Waals surface area contributed by atoms with Gasteiger partial charge in [0.1, 0.15) is 0 Å². The Labute approximate surface area is 90.6 Å². The Hall–Kier alpha value is -0.840. The third-order valence-electron chi connectivity index (χ3n) is 2.33. The number of nitrogens with two attached hydrogens (primary N) is 2. The average Bonchev–Trinajstić information content (AvgIpc) is 2.59. The standard InChI is InChI=1S/C10H12BrN3/c11-6-1-2-10-7(3-6)8(5-14-10)9(13)4-12/h1-3,5,9,14H,4,12-13H2/t9-/m0/s1. The molecule has 0 amide bonds. The van der Waals surface area contributed by atoms with Gasteiger partial charge < -0.3 is 16.5 Å². The van der Waals surface area contributed by atoms with Crippen LogP contribution in [-0.4, -0.2) is 11.5 Å². The fourth-order valence-electron chi connectivity index (χ4n) is 1.55. The Kier molecular flexibility index (Phi) is 2.58. The monoisotopic (exact) mass is 253 g/mol. The van der Waals surface area contributed by atoms with Crippen molar-refractivity contribution in [3.05, 3.63) is 34.4 Å². The molecule has 0 aliphatic carbocycles. The molecule has 0 saturated carbocycles. The second-order valence-electron chi connectivity index (χ2n) is 3.28. The largest absolute Gasteiger partial charge is 0.361 e. The maximum absolute atomic E-state index is 5.89. The summed E-state index contributed by atoms with van der Waals surface area (Å²) in [6.45, 7) is 0.458. The lowest BCUT2D eigenvalue weighted by molar-refractivity contribution is 0.743. The highest BCUT2D eigenvalue weighted by molar-refractivity contribution is 9.10. The van der Waals surface area contributed by atoms with Gasteiger partial charge in [0.25, 0.3) is 0 Å². The van der Waals surface area contributed by atoms with E-state index in [0.29, 0.717) is 6.54 Å². The number of rotatable bonds is 2. The van der Waals surface area contributed by atoms with Gasteiger partial charge in [-0.15, -0.1) is 0 Å². The molecule has 0 spiro atoms. The van der Waals surface area contributed by atoms with Crippen LogP contribution < -0.4 is 11.5 Å². The number of hydrogen-bond acceptors (Lipinski definition) is 2. The van der Waals surface area contributed by atoms with Gasteiger partial charge in [-0.25, -0.2) is 0 Å². The van der Waals surface area contributed by atoms with Crippen molar-refractivity contribution in [1.82, 2.24) is 4.98 Å². The molecule has 2 aromatic rings. The zero-order chi connectivity index (χ0) is 10.1.